The molecule has 3 aromatic rings. The van der Waals surface area contributed by atoms with Gasteiger partial charge in [-0.3, -0.25) is 0 Å². The Labute approximate surface area is 121 Å². The van der Waals surface area contributed by atoms with E-state index in [9.17, 15) is 9.90 Å². The van der Waals surface area contributed by atoms with Crippen molar-refractivity contribution in [2.75, 3.05) is 0 Å². The molecule has 0 aliphatic heterocycles. The van der Waals surface area contributed by atoms with Crippen LogP contribution in [-0.4, -0.2) is 16.1 Å². The fourth-order valence-electron chi connectivity index (χ4n) is 2.53. The van der Waals surface area contributed by atoms with Crippen LogP contribution in [0.5, 0.6) is 0 Å². The summed E-state index contributed by atoms with van der Waals surface area (Å²) in [4.78, 5) is 16.3. The van der Waals surface area contributed by atoms with E-state index in [-0.39, 0.29) is 12.1 Å². The highest BCUT2D eigenvalue weighted by Gasteiger charge is 2.19. The van der Waals surface area contributed by atoms with Crippen LogP contribution in [0.2, 0.25) is 0 Å². The lowest BCUT2D eigenvalue weighted by Crippen LogP contribution is -2.11. The Balaban J connectivity index is 2.43. The third-order valence-electron chi connectivity index (χ3n) is 3.46. The van der Waals surface area contributed by atoms with Crippen molar-refractivity contribution < 1.29 is 9.90 Å². The highest BCUT2D eigenvalue weighted by atomic mass is 16.4. The molecule has 1 aromatic heterocycles. The monoisotopic (exact) mass is 278 g/mol. The van der Waals surface area contributed by atoms with Crippen molar-refractivity contribution >= 4 is 16.9 Å². The Morgan fingerprint density at radius 1 is 1.05 bits per heavy atom. The molecule has 2 aromatic carbocycles. The van der Waals surface area contributed by atoms with Gasteiger partial charge in [0.15, 0.2) is 0 Å². The largest absolute Gasteiger partial charge is 0.478 e. The normalized spacial score (nSPS) is 10.7. The van der Waals surface area contributed by atoms with Gasteiger partial charge in [0.25, 0.3) is 0 Å². The lowest BCUT2D eigenvalue weighted by molar-refractivity contribution is 0.0698. The zero-order chi connectivity index (χ0) is 14.8. The van der Waals surface area contributed by atoms with E-state index in [0.717, 1.165) is 5.56 Å². The number of carboxylic acid groups (broad SMARTS) is 1. The van der Waals surface area contributed by atoms with Crippen LogP contribution in [0.1, 0.15) is 15.9 Å². The predicted molar refractivity (Wildman–Crippen MR) is 82.0 cm³/mol. The number of nitrogens with zero attached hydrogens (tertiary/aromatic N) is 1. The maximum Gasteiger partial charge on any atom is 0.336 e. The van der Waals surface area contributed by atoms with Crippen LogP contribution < -0.4 is 5.73 Å². The molecule has 0 unspecified atom stereocenters. The highest BCUT2D eigenvalue weighted by molar-refractivity contribution is 6.05. The van der Waals surface area contributed by atoms with E-state index in [1.807, 2.05) is 42.5 Å². The summed E-state index contributed by atoms with van der Waals surface area (Å²) in [5.74, 6) is -0.980. The lowest BCUT2D eigenvalue weighted by atomic mass is 9.97. The topological polar surface area (TPSA) is 76.2 Å². The molecule has 4 nitrogen and oxygen atoms in total. The van der Waals surface area contributed by atoms with Crippen LogP contribution in [0.15, 0.2) is 54.6 Å². The van der Waals surface area contributed by atoms with E-state index in [1.165, 1.54) is 0 Å². The summed E-state index contributed by atoms with van der Waals surface area (Å²) in [7, 11) is 0. The predicted octanol–water partition coefficient (Wildman–Crippen LogP) is 3.06. The SMILES string of the molecule is NCc1c(-c2ccccc2)nc2ccccc2c1C(=O)O. The average molecular weight is 278 g/mol. The average Bonchev–Trinajstić information content (AvgIpc) is 2.53. The molecule has 104 valence electrons. The molecule has 0 saturated heterocycles. The van der Waals surface area contributed by atoms with Crippen molar-refractivity contribution in [1.29, 1.82) is 0 Å². The zero-order valence-corrected chi connectivity index (χ0v) is 11.3. The van der Waals surface area contributed by atoms with E-state index >= 15 is 0 Å². The quantitative estimate of drug-likeness (QED) is 0.772. The van der Waals surface area contributed by atoms with Crippen molar-refractivity contribution in [3.63, 3.8) is 0 Å². The first-order valence-corrected chi connectivity index (χ1v) is 6.62. The van der Waals surface area contributed by atoms with E-state index in [1.54, 1.807) is 12.1 Å². The van der Waals surface area contributed by atoms with E-state index in [4.69, 9.17) is 5.73 Å². The summed E-state index contributed by atoms with van der Waals surface area (Å²) >= 11 is 0. The van der Waals surface area contributed by atoms with Crippen molar-refractivity contribution in [1.82, 2.24) is 4.98 Å². The molecule has 21 heavy (non-hydrogen) atoms. The first-order chi connectivity index (χ1) is 10.2. The fourth-order valence-corrected chi connectivity index (χ4v) is 2.53. The van der Waals surface area contributed by atoms with Gasteiger partial charge in [0.05, 0.1) is 16.8 Å². The molecule has 0 amide bonds. The first-order valence-electron chi connectivity index (χ1n) is 6.62. The smallest absolute Gasteiger partial charge is 0.336 e. The van der Waals surface area contributed by atoms with Crippen LogP contribution in [-0.2, 0) is 6.54 Å². The number of hydrogen-bond donors (Lipinski definition) is 2. The molecule has 3 N–H and O–H groups in total. The molecule has 0 atom stereocenters. The maximum absolute atomic E-state index is 11.7. The Morgan fingerprint density at radius 3 is 2.38 bits per heavy atom. The molecule has 0 fully saturated rings. The van der Waals surface area contributed by atoms with Crippen LogP contribution in [0.4, 0.5) is 0 Å². The van der Waals surface area contributed by atoms with Crippen LogP contribution >= 0.6 is 0 Å². The minimum Gasteiger partial charge on any atom is -0.478 e. The number of pyridine rings is 1. The Morgan fingerprint density at radius 2 is 1.71 bits per heavy atom. The van der Waals surface area contributed by atoms with Crippen molar-refractivity contribution in [2.24, 2.45) is 5.73 Å². The number of benzene rings is 2. The summed E-state index contributed by atoms with van der Waals surface area (Å²) in [5.41, 5.74) is 8.77. The standard InChI is InChI=1S/C17H14N2O2/c18-10-13-15(17(20)21)12-8-4-5-9-14(12)19-16(13)11-6-2-1-3-7-11/h1-9H,10,18H2,(H,20,21). The summed E-state index contributed by atoms with van der Waals surface area (Å²) < 4.78 is 0. The number of hydrogen-bond acceptors (Lipinski definition) is 3. The summed E-state index contributed by atoms with van der Waals surface area (Å²) in [6.45, 7) is 0.129. The minimum absolute atomic E-state index is 0.129. The number of para-hydroxylation sites is 1. The Kier molecular flexibility index (Phi) is 3.38. The fraction of sp³-hybridized carbons (Fsp3) is 0.0588. The Hall–Kier alpha value is -2.72. The number of nitrogens with two attached hydrogens (primary N) is 1. The number of fused-ring (bicyclic) bond motifs is 1. The van der Waals surface area contributed by atoms with Crippen molar-refractivity contribution in [3.05, 3.63) is 65.7 Å². The van der Waals surface area contributed by atoms with E-state index in [0.29, 0.717) is 22.2 Å². The number of rotatable bonds is 3. The van der Waals surface area contributed by atoms with E-state index < -0.39 is 5.97 Å². The minimum atomic E-state index is -0.980. The van der Waals surface area contributed by atoms with Crippen molar-refractivity contribution in [2.45, 2.75) is 6.54 Å². The van der Waals surface area contributed by atoms with Crippen LogP contribution in [0, 0.1) is 0 Å². The molecule has 1 heterocycles. The van der Waals surface area contributed by atoms with Crippen LogP contribution in [0.3, 0.4) is 0 Å². The molecular weight excluding hydrogens is 264 g/mol. The molecule has 0 saturated carbocycles. The van der Waals surface area contributed by atoms with E-state index in [2.05, 4.69) is 4.98 Å². The lowest BCUT2D eigenvalue weighted by Gasteiger charge is -2.13. The second-order valence-corrected chi connectivity index (χ2v) is 4.71. The van der Waals surface area contributed by atoms with Gasteiger partial charge >= 0.3 is 5.97 Å². The molecule has 4 heteroatoms. The maximum atomic E-state index is 11.7. The number of carboxylic acids is 1. The molecule has 0 radical (unpaired) electrons. The molecule has 3 rings (SSSR count). The van der Waals surface area contributed by atoms with Crippen molar-refractivity contribution in [3.8, 4) is 11.3 Å². The number of aromatic carboxylic acids is 1. The van der Waals surface area contributed by atoms with Gasteiger partial charge in [0.1, 0.15) is 0 Å². The molecule has 0 aliphatic rings. The summed E-state index contributed by atoms with van der Waals surface area (Å²) in [5, 5.41) is 10.2. The van der Waals surface area contributed by atoms with Gasteiger partial charge in [-0.2, -0.15) is 0 Å². The number of carbonyl (C=O) groups is 1. The van der Waals surface area contributed by atoms with Crippen LogP contribution in [0.25, 0.3) is 22.2 Å². The van der Waals surface area contributed by atoms with Gasteiger partial charge < -0.3 is 10.8 Å². The van der Waals surface area contributed by atoms with Gasteiger partial charge in [-0.15, -0.1) is 0 Å². The first kappa shape index (κ1) is 13.3. The summed E-state index contributed by atoms with van der Waals surface area (Å²) in [6.07, 6.45) is 0. The third-order valence-corrected chi connectivity index (χ3v) is 3.46. The van der Waals surface area contributed by atoms with Gasteiger partial charge in [-0.25, -0.2) is 9.78 Å². The van der Waals surface area contributed by atoms with Gasteiger partial charge in [0.2, 0.25) is 0 Å². The molecule has 0 spiro atoms. The second kappa shape index (κ2) is 5.34. The Bertz CT molecular complexity index is 814. The van der Waals surface area contributed by atoms with Gasteiger partial charge in [0, 0.05) is 23.1 Å². The molecular formula is C17H14N2O2. The zero-order valence-electron chi connectivity index (χ0n) is 11.3. The molecule has 0 aliphatic carbocycles. The van der Waals surface area contributed by atoms with Gasteiger partial charge in [-0.05, 0) is 6.07 Å². The third kappa shape index (κ3) is 2.26. The second-order valence-electron chi connectivity index (χ2n) is 4.71. The molecule has 0 bridgehead atoms. The van der Waals surface area contributed by atoms with Gasteiger partial charge in [-0.1, -0.05) is 48.5 Å². The highest BCUT2D eigenvalue weighted by Crippen LogP contribution is 2.29. The number of aromatic nitrogens is 1. The summed E-state index contributed by atoms with van der Waals surface area (Å²) in [6, 6.07) is 16.7.